The molecule has 144 valence electrons. The number of non-ortho nitro benzene ring substituents is 1. The van der Waals surface area contributed by atoms with Crippen LogP contribution in [0.25, 0.3) is 0 Å². The molecule has 6 heteroatoms. The molecule has 0 aromatic heterocycles. The molecule has 1 N–H and O–H groups in total. The van der Waals surface area contributed by atoms with Gasteiger partial charge in [-0.05, 0) is 28.8 Å². The van der Waals surface area contributed by atoms with Crippen molar-refractivity contribution in [3.8, 4) is 0 Å². The van der Waals surface area contributed by atoms with Crippen LogP contribution in [0.5, 0.6) is 0 Å². The maximum Gasteiger partial charge on any atom is 0.269 e. The van der Waals surface area contributed by atoms with Crippen LogP contribution in [0.4, 0.5) is 5.69 Å². The average Bonchev–Trinajstić information content (AvgIpc) is 3.25. The third kappa shape index (κ3) is 2.57. The summed E-state index contributed by atoms with van der Waals surface area (Å²) in [4.78, 5) is 17.5. The summed E-state index contributed by atoms with van der Waals surface area (Å²) in [6, 6.07) is 23.9. The summed E-state index contributed by atoms with van der Waals surface area (Å²) < 4.78 is 0. The summed E-state index contributed by atoms with van der Waals surface area (Å²) in [6.45, 7) is 1.28. The van der Waals surface area contributed by atoms with Crippen molar-refractivity contribution in [1.82, 2.24) is 4.90 Å². The maximum atomic E-state index is 12.0. The molecule has 0 saturated carbocycles. The zero-order valence-corrected chi connectivity index (χ0v) is 15.6. The number of aliphatic hydroxyl groups is 1. The number of benzene rings is 3. The van der Waals surface area contributed by atoms with Crippen molar-refractivity contribution in [1.29, 1.82) is 0 Å². The summed E-state index contributed by atoms with van der Waals surface area (Å²) in [7, 11) is 0. The van der Waals surface area contributed by atoms with Gasteiger partial charge in [0.2, 0.25) is 0 Å². The number of fused-ring (bicyclic) bond motifs is 2. The number of hydrogen-bond acceptors (Lipinski definition) is 5. The van der Waals surface area contributed by atoms with Gasteiger partial charge in [-0.25, -0.2) is 0 Å². The van der Waals surface area contributed by atoms with Crippen molar-refractivity contribution in [3.63, 3.8) is 0 Å². The first-order valence-electron chi connectivity index (χ1n) is 9.54. The van der Waals surface area contributed by atoms with E-state index in [4.69, 9.17) is 4.99 Å². The average molecular weight is 385 g/mol. The number of aliphatic imine (C=N–C) groups is 1. The monoisotopic (exact) mass is 385 g/mol. The first-order valence-corrected chi connectivity index (χ1v) is 9.54. The normalized spacial score (nSPS) is 22.6. The number of nitro benzene ring substituents is 1. The van der Waals surface area contributed by atoms with Gasteiger partial charge in [-0.1, -0.05) is 54.6 Å². The fraction of sp³-hybridized carbons (Fsp3) is 0.174. The van der Waals surface area contributed by atoms with Gasteiger partial charge in [0, 0.05) is 24.2 Å². The van der Waals surface area contributed by atoms with Gasteiger partial charge in [-0.2, -0.15) is 0 Å². The van der Waals surface area contributed by atoms with Crippen molar-refractivity contribution in [2.45, 2.75) is 11.6 Å². The molecule has 6 nitrogen and oxygen atoms in total. The van der Waals surface area contributed by atoms with Crippen molar-refractivity contribution < 1.29 is 10.0 Å². The van der Waals surface area contributed by atoms with E-state index in [-0.39, 0.29) is 11.7 Å². The molecule has 0 spiro atoms. The second-order valence-electron chi connectivity index (χ2n) is 7.31. The minimum Gasteiger partial charge on any atom is -0.373 e. The predicted octanol–water partition coefficient (Wildman–Crippen LogP) is 3.65. The highest BCUT2D eigenvalue weighted by Crippen LogP contribution is 2.47. The van der Waals surface area contributed by atoms with E-state index in [9.17, 15) is 15.2 Å². The molecule has 5 rings (SSSR count). The lowest BCUT2D eigenvalue weighted by molar-refractivity contribution is -0.384. The van der Waals surface area contributed by atoms with Crippen LogP contribution in [0, 0.1) is 10.1 Å². The van der Waals surface area contributed by atoms with Crippen molar-refractivity contribution in [3.05, 3.63) is 111 Å². The van der Waals surface area contributed by atoms with E-state index in [0.717, 1.165) is 22.3 Å². The Morgan fingerprint density at radius 2 is 1.69 bits per heavy atom. The van der Waals surface area contributed by atoms with Crippen molar-refractivity contribution >= 4 is 11.5 Å². The van der Waals surface area contributed by atoms with Crippen molar-refractivity contribution in [2.24, 2.45) is 4.99 Å². The standard InChI is InChI=1S/C23H19N3O3/c27-23(17-6-2-1-3-7-17)20-9-5-4-8-19(20)21(25-15-14-24-22(23)25)16-10-12-18(13-11-16)26(28)29/h1-13,21,27H,14-15H2/t21-,23+/m1/s1. The maximum absolute atomic E-state index is 12.0. The molecule has 3 aromatic carbocycles. The SMILES string of the molecule is O=[N+]([O-])c1ccc([C@@H]2c3ccccc3[C@@](O)(c3ccccc3)C3=NCCN32)cc1. The number of nitrogens with zero attached hydrogens (tertiary/aromatic N) is 3. The lowest BCUT2D eigenvalue weighted by atomic mass is 9.75. The Morgan fingerprint density at radius 1 is 1.00 bits per heavy atom. The van der Waals surface area contributed by atoms with Gasteiger partial charge in [0.25, 0.3) is 5.69 Å². The molecule has 0 saturated heterocycles. The topological polar surface area (TPSA) is 79.0 Å². The molecule has 0 radical (unpaired) electrons. The smallest absolute Gasteiger partial charge is 0.269 e. The second kappa shape index (κ2) is 6.53. The first kappa shape index (κ1) is 17.6. The van der Waals surface area contributed by atoms with Gasteiger partial charge in [-0.3, -0.25) is 15.1 Å². The van der Waals surface area contributed by atoms with Gasteiger partial charge >= 0.3 is 0 Å². The van der Waals surface area contributed by atoms with E-state index < -0.39 is 10.5 Å². The van der Waals surface area contributed by atoms with Crippen LogP contribution in [-0.4, -0.2) is 33.9 Å². The van der Waals surface area contributed by atoms with E-state index in [2.05, 4.69) is 4.90 Å². The Bertz CT molecular complexity index is 1110. The van der Waals surface area contributed by atoms with E-state index >= 15 is 0 Å². The minimum atomic E-state index is -1.33. The van der Waals surface area contributed by atoms with Gasteiger partial charge in [0.15, 0.2) is 5.60 Å². The van der Waals surface area contributed by atoms with Gasteiger partial charge in [0.1, 0.15) is 5.84 Å². The summed E-state index contributed by atoms with van der Waals surface area (Å²) in [5, 5.41) is 23.0. The summed E-state index contributed by atoms with van der Waals surface area (Å²) >= 11 is 0. The quantitative estimate of drug-likeness (QED) is 0.551. The largest absolute Gasteiger partial charge is 0.373 e. The minimum absolute atomic E-state index is 0.0638. The van der Waals surface area contributed by atoms with Crippen LogP contribution in [0.3, 0.4) is 0 Å². The molecule has 2 heterocycles. The van der Waals surface area contributed by atoms with Crippen LogP contribution < -0.4 is 0 Å². The number of nitro groups is 1. The number of hydrogen-bond donors (Lipinski definition) is 1. The number of rotatable bonds is 3. The molecular weight excluding hydrogens is 366 g/mol. The Hall–Kier alpha value is -3.51. The van der Waals surface area contributed by atoms with Gasteiger partial charge in [-0.15, -0.1) is 0 Å². The Balaban J connectivity index is 1.72. The summed E-state index contributed by atoms with van der Waals surface area (Å²) in [5.74, 6) is 0.630. The Kier molecular flexibility index (Phi) is 3.96. The molecule has 2 atom stereocenters. The summed E-state index contributed by atoms with van der Waals surface area (Å²) in [6.07, 6.45) is 0. The van der Waals surface area contributed by atoms with Crippen molar-refractivity contribution in [2.75, 3.05) is 13.1 Å². The zero-order chi connectivity index (χ0) is 20.0. The van der Waals surface area contributed by atoms with Crippen LogP contribution in [-0.2, 0) is 5.60 Å². The van der Waals surface area contributed by atoms with Crippen LogP contribution >= 0.6 is 0 Å². The third-order valence-corrected chi connectivity index (χ3v) is 5.77. The fourth-order valence-electron chi connectivity index (χ4n) is 4.49. The molecular formula is C23H19N3O3. The fourth-order valence-corrected chi connectivity index (χ4v) is 4.49. The molecule has 0 bridgehead atoms. The van der Waals surface area contributed by atoms with Crippen LogP contribution in [0.15, 0.2) is 83.9 Å². The van der Waals surface area contributed by atoms with Gasteiger partial charge < -0.3 is 10.0 Å². The van der Waals surface area contributed by atoms with E-state index in [1.165, 1.54) is 12.1 Å². The number of amidine groups is 1. The molecule has 0 unspecified atom stereocenters. The lowest BCUT2D eigenvalue weighted by Gasteiger charge is -2.45. The van der Waals surface area contributed by atoms with Gasteiger partial charge in [0.05, 0.1) is 17.5 Å². The molecule has 29 heavy (non-hydrogen) atoms. The van der Waals surface area contributed by atoms with E-state index in [0.29, 0.717) is 18.9 Å². The first-order chi connectivity index (χ1) is 14.1. The third-order valence-electron chi connectivity index (χ3n) is 5.77. The molecule has 0 amide bonds. The van der Waals surface area contributed by atoms with E-state index in [1.807, 2.05) is 54.6 Å². The Morgan fingerprint density at radius 3 is 2.41 bits per heavy atom. The molecule has 2 aliphatic rings. The van der Waals surface area contributed by atoms with Crippen LogP contribution in [0.1, 0.15) is 28.3 Å². The molecule has 0 aliphatic carbocycles. The molecule has 3 aromatic rings. The molecule has 0 fully saturated rings. The lowest BCUT2D eigenvalue weighted by Crippen LogP contribution is -2.52. The Labute approximate surface area is 167 Å². The summed E-state index contributed by atoms with van der Waals surface area (Å²) in [5.41, 5.74) is 2.23. The highest BCUT2D eigenvalue weighted by Gasteiger charge is 2.50. The zero-order valence-electron chi connectivity index (χ0n) is 15.6. The highest BCUT2D eigenvalue weighted by molar-refractivity contribution is 5.98. The highest BCUT2D eigenvalue weighted by atomic mass is 16.6. The second-order valence-corrected chi connectivity index (χ2v) is 7.31. The van der Waals surface area contributed by atoms with E-state index in [1.54, 1.807) is 12.1 Å². The predicted molar refractivity (Wildman–Crippen MR) is 110 cm³/mol. The van der Waals surface area contributed by atoms with Crippen LogP contribution in [0.2, 0.25) is 0 Å². The molecule has 2 aliphatic heterocycles.